The third kappa shape index (κ3) is 34.7. The van der Waals surface area contributed by atoms with Gasteiger partial charge in [-0.3, -0.25) is 4.18 Å². The van der Waals surface area contributed by atoms with Crippen molar-refractivity contribution in [3.63, 3.8) is 0 Å². The van der Waals surface area contributed by atoms with Crippen molar-refractivity contribution in [2.75, 3.05) is 86.0 Å². The summed E-state index contributed by atoms with van der Waals surface area (Å²) >= 11 is 0. The molecule has 0 aromatic rings. The Kier molecular flexibility index (Phi) is 32.1. The van der Waals surface area contributed by atoms with E-state index in [9.17, 15) is 22.8 Å². The van der Waals surface area contributed by atoms with E-state index >= 15 is 0 Å². The first-order chi connectivity index (χ1) is 28.3. The summed E-state index contributed by atoms with van der Waals surface area (Å²) < 4.78 is 42.5. The van der Waals surface area contributed by atoms with E-state index in [2.05, 4.69) is 11.1 Å². The van der Waals surface area contributed by atoms with Crippen molar-refractivity contribution in [1.29, 1.82) is 0 Å². The highest BCUT2D eigenvalue weighted by Crippen LogP contribution is 2.25. The van der Waals surface area contributed by atoms with Crippen LogP contribution in [0.4, 0.5) is 14.4 Å². The molecule has 0 aromatic heterocycles. The molecule has 5 N–H and O–H groups in total. The van der Waals surface area contributed by atoms with Crippen LogP contribution in [0.1, 0.15) is 146 Å². The van der Waals surface area contributed by atoms with E-state index in [1.807, 2.05) is 74.3 Å². The Morgan fingerprint density at radius 2 is 0.885 bits per heavy atom. The van der Waals surface area contributed by atoms with Crippen molar-refractivity contribution in [3.8, 4) is 0 Å². The SMILES string of the molecule is CC(C)(C)OC(=O)N1CCC(CCCO)CC1.CC(C)(C)OC(=O)N1CCC(CCCOS(C)(=O)=O)CC1.CCO.CN.CNCCCC1CCN(C(=O)OC(C)(C)C)CC1. The molecule has 3 fully saturated rings. The lowest BCUT2D eigenvalue weighted by Crippen LogP contribution is -2.41. The third-order valence-electron chi connectivity index (χ3n) is 9.66. The van der Waals surface area contributed by atoms with Gasteiger partial charge in [-0.05, 0) is 185 Å². The van der Waals surface area contributed by atoms with Crippen LogP contribution in [0.25, 0.3) is 0 Å². The number of carbonyl (C=O) groups excluding carboxylic acids is 3. The minimum atomic E-state index is -3.33. The fourth-order valence-corrected chi connectivity index (χ4v) is 7.14. The molecule has 3 aliphatic heterocycles. The van der Waals surface area contributed by atoms with E-state index < -0.39 is 21.3 Å². The Balaban J connectivity index is 0. The molecule has 3 heterocycles. The molecule has 3 saturated heterocycles. The molecule has 3 amide bonds. The number of aliphatic hydroxyl groups excluding tert-OH is 2. The van der Waals surface area contributed by atoms with Gasteiger partial charge < -0.3 is 50.2 Å². The lowest BCUT2D eigenvalue weighted by Gasteiger charge is -2.33. The summed E-state index contributed by atoms with van der Waals surface area (Å²) in [6.07, 6.45) is 12.7. The molecule has 364 valence electrons. The Morgan fingerprint density at radius 3 is 1.13 bits per heavy atom. The largest absolute Gasteiger partial charge is 0.444 e. The highest BCUT2D eigenvalue weighted by Gasteiger charge is 2.29. The van der Waals surface area contributed by atoms with Crippen molar-refractivity contribution in [2.45, 2.75) is 163 Å². The standard InChI is InChI=1S/C14H28N2O2.C14H27NO5S.C13H25NO3.C2H6O.CH5N/c1-14(2,3)18-13(17)16-10-7-12(8-11-16)6-5-9-15-4;1-14(2,3)20-13(16)15-9-7-12(8-10-15)6-5-11-19-21(4,17)18;1-13(2,3)17-12(16)14-8-6-11(7-9-14)5-4-10-15;1-2-3;1-2/h12,15H,5-11H2,1-4H3;12H,5-11H2,1-4H3;11,15H,4-10H2,1-3H3;3H,2H2,1H3;2H2,1H3. The Labute approximate surface area is 371 Å². The zero-order valence-corrected chi connectivity index (χ0v) is 41.5. The molecule has 0 bridgehead atoms. The number of likely N-dealkylation sites (tertiary alicyclic amines) is 3. The van der Waals surface area contributed by atoms with Gasteiger partial charge in [0.05, 0.1) is 12.9 Å². The third-order valence-corrected chi connectivity index (χ3v) is 10.3. The van der Waals surface area contributed by atoms with E-state index in [-0.39, 0.29) is 43.7 Å². The second kappa shape index (κ2) is 32.3. The Bertz CT molecular complexity index is 1250. The molecule has 0 unspecified atom stereocenters. The van der Waals surface area contributed by atoms with Gasteiger partial charge in [0.25, 0.3) is 10.1 Å². The van der Waals surface area contributed by atoms with Crippen molar-refractivity contribution in [2.24, 2.45) is 23.5 Å². The summed E-state index contributed by atoms with van der Waals surface area (Å²) in [4.78, 5) is 41.0. The van der Waals surface area contributed by atoms with Gasteiger partial charge in [0.2, 0.25) is 0 Å². The molecule has 0 spiro atoms. The highest BCUT2D eigenvalue weighted by molar-refractivity contribution is 7.85. The maximum atomic E-state index is 11.9. The van der Waals surface area contributed by atoms with E-state index in [0.29, 0.717) is 24.9 Å². The van der Waals surface area contributed by atoms with Crippen LogP contribution in [-0.2, 0) is 28.5 Å². The Hall–Kier alpha value is -2.44. The molecule has 17 heteroatoms. The average Bonchev–Trinajstić information content (AvgIpc) is 3.16. The smallest absolute Gasteiger partial charge is 0.410 e. The molecule has 16 nitrogen and oxygen atoms in total. The number of nitrogens with two attached hydrogens (primary N) is 1. The summed E-state index contributed by atoms with van der Waals surface area (Å²) in [5.74, 6) is 1.95. The number of carbonyl (C=O) groups is 3. The Morgan fingerprint density at radius 1 is 0.607 bits per heavy atom. The first-order valence-electron chi connectivity index (χ1n) is 22.5. The average molecular weight is 898 g/mol. The van der Waals surface area contributed by atoms with E-state index in [1.165, 1.54) is 19.9 Å². The fourth-order valence-electron chi connectivity index (χ4n) is 6.72. The number of hydrogen-bond acceptors (Lipinski definition) is 13. The van der Waals surface area contributed by atoms with Gasteiger partial charge in [0.1, 0.15) is 16.8 Å². The van der Waals surface area contributed by atoms with Crippen molar-refractivity contribution in [1.82, 2.24) is 20.0 Å². The number of nitrogens with zero attached hydrogens (tertiary/aromatic N) is 3. The van der Waals surface area contributed by atoms with Gasteiger partial charge in [-0.2, -0.15) is 8.42 Å². The number of piperidine rings is 3. The summed E-state index contributed by atoms with van der Waals surface area (Å²) in [5.41, 5.74) is 3.24. The van der Waals surface area contributed by atoms with Crippen LogP contribution in [0.3, 0.4) is 0 Å². The lowest BCUT2D eigenvalue weighted by molar-refractivity contribution is 0.0169. The maximum absolute atomic E-state index is 11.9. The number of hydrogen-bond donors (Lipinski definition) is 4. The van der Waals surface area contributed by atoms with E-state index in [4.69, 9.17) is 28.6 Å². The van der Waals surface area contributed by atoms with Gasteiger partial charge in [0.15, 0.2) is 0 Å². The first kappa shape index (κ1) is 60.6. The number of ether oxygens (including phenoxy) is 3. The van der Waals surface area contributed by atoms with Gasteiger partial charge >= 0.3 is 18.3 Å². The molecule has 0 radical (unpaired) electrons. The van der Waals surface area contributed by atoms with Gasteiger partial charge in [-0.1, -0.05) is 0 Å². The van der Waals surface area contributed by atoms with Crippen LogP contribution in [0.5, 0.6) is 0 Å². The molecule has 0 atom stereocenters. The lowest BCUT2D eigenvalue weighted by atomic mass is 9.92. The second-order valence-corrected chi connectivity index (χ2v) is 20.5. The van der Waals surface area contributed by atoms with Crippen LogP contribution < -0.4 is 11.1 Å². The minimum Gasteiger partial charge on any atom is -0.444 e. The van der Waals surface area contributed by atoms with Crippen LogP contribution in [-0.4, -0.2) is 154 Å². The molecule has 3 rings (SSSR count). The first-order valence-corrected chi connectivity index (χ1v) is 24.4. The summed E-state index contributed by atoms with van der Waals surface area (Å²) in [6, 6.07) is 0. The number of nitrogens with one attached hydrogen (secondary N) is 1. The molecule has 0 aromatic carbocycles. The van der Waals surface area contributed by atoms with E-state index in [1.54, 1.807) is 16.7 Å². The molecule has 3 aliphatic rings. The molecule has 61 heavy (non-hydrogen) atoms. The topological polar surface area (TPSA) is 210 Å². The molecule has 0 saturated carbocycles. The van der Waals surface area contributed by atoms with Gasteiger partial charge in [0, 0.05) is 52.5 Å². The molecular formula is C44H91N5O11S. The van der Waals surface area contributed by atoms with Crippen molar-refractivity contribution < 1.29 is 51.4 Å². The quantitative estimate of drug-likeness (QED) is 0.0885. The number of aliphatic hydroxyl groups is 2. The molecule has 0 aliphatic carbocycles. The van der Waals surface area contributed by atoms with Crippen LogP contribution in [0.2, 0.25) is 0 Å². The normalized spacial score (nSPS) is 16.9. The zero-order chi connectivity index (χ0) is 47.3. The van der Waals surface area contributed by atoms with Gasteiger partial charge in [-0.25, -0.2) is 14.4 Å². The summed E-state index contributed by atoms with van der Waals surface area (Å²) in [5, 5.41) is 19.5. The number of amides is 3. The van der Waals surface area contributed by atoms with Crippen molar-refractivity contribution >= 4 is 28.4 Å². The number of rotatable bonds is 12. The fraction of sp³-hybridized carbons (Fsp3) is 0.932. The van der Waals surface area contributed by atoms with Crippen LogP contribution in [0.15, 0.2) is 0 Å². The van der Waals surface area contributed by atoms with Crippen LogP contribution >= 0.6 is 0 Å². The predicted octanol–water partition coefficient (Wildman–Crippen LogP) is 7.00. The summed E-state index contributed by atoms with van der Waals surface area (Å²) in [7, 11) is 0.157. The maximum Gasteiger partial charge on any atom is 0.410 e. The monoisotopic (exact) mass is 898 g/mol. The predicted molar refractivity (Wildman–Crippen MR) is 244 cm³/mol. The zero-order valence-electron chi connectivity index (χ0n) is 40.7. The van der Waals surface area contributed by atoms with E-state index in [0.717, 1.165) is 109 Å². The van der Waals surface area contributed by atoms with Crippen LogP contribution in [0, 0.1) is 17.8 Å². The minimum absolute atomic E-state index is 0.156. The summed E-state index contributed by atoms with van der Waals surface area (Å²) in [6.45, 7) is 25.2. The second-order valence-electron chi connectivity index (χ2n) is 18.8. The highest BCUT2D eigenvalue weighted by atomic mass is 32.2. The van der Waals surface area contributed by atoms with Gasteiger partial charge in [-0.15, -0.1) is 0 Å². The molecular weight excluding hydrogens is 807 g/mol. The van der Waals surface area contributed by atoms with Crippen molar-refractivity contribution in [3.05, 3.63) is 0 Å².